The minimum Gasteiger partial charge on any atom is -0.495 e. The van der Waals surface area contributed by atoms with E-state index < -0.39 is 28.1 Å². The number of hydrogen-bond acceptors (Lipinski definition) is 5. The highest BCUT2D eigenvalue weighted by molar-refractivity contribution is 7.89. The van der Waals surface area contributed by atoms with Crippen LogP contribution in [0.1, 0.15) is 6.92 Å². The molecule has 0 bridgehead atoms. The number of aliphatic carboxylic acids is 1. The average molecular weight is 288 g/mol. The highest BCUT2D eigenvalue weighted by atomic mass is 32.2. The zero-order valence-electron chi connectivity index (χ0n) is 10.5. The second-order valence-corrected chi connectivity index (χ2v) is 5.61. The number of rotatable bonds is 6. The largest absolute Gasteiger partial charge is 0.495 e. The van der Waals surface area contributed by atoms with Crippen molar-refractivity contribution in [1.82, 2.24) is 4.72 Å². The van der Waals surface area contributed by atoms with Crippen molar-refractivity contribution >= 4 is 16.0 Å². The van der Waals surface area contributed by atoms with Gasteiger partial charge in [-0.15, -0.1) is 0 Å². The molecule has 1 aromatic rings. The molecule has 0 amide bonds. The molecule has 0 radical (unpaired) electrons. The lowest BCUT2D eigenvalue weighted by Crippen LogP contribution is -2.49. The summed E-state index contributed by atoms with van der Waals surface area (Å²) in [6.07, 6.45) is 0. The average Bonchev–Trinajstić information content (AvgIpc) is 2.37. The Labute approximate surface area is 111 Å². The van der Waals surface area contributed by atoms with Gasteiger partial charge in [-0.05, 0) is 19.1 Å². The van der Waals surface area contributed by atoms with Gasteiger partial charge < -0.3 is 15.6 Å². The van der Waals surface area contributed by atoms with Gasteiger partial charge in [0, 0.05) is 6.04 Å². The van der Waals surface area contributed by atoms with Crippen molar-refractivity contribution < 1.29 is 23.1 Å². The van der Waals surface area contributed by atoms with Crippen LogP contribution in [0.15, 0.2) is 29.2 Å². The highest BCUT2D eigenvalue weighted by Gasteiger charge is 2.27. The van der Waals surface area contributed by atoms with Crippen molar-refractivity contribution in [1.29, 1.82) is 0 Å². The number of benzene rings is 1. The normalized spacial score (nSPS) is 14.7. The van der Waals surface area contributed by atoms with Crippen LogP contribution in [0.5, 0.6) is 5.75 Å². The minimum atomic E-state index is -3.90. The number of carboxylic acids is 1. The molecule has 1 aromatic carbocycles. The van der Waals surface area contributed by atoms with Crippen LogP contribution in [0.25, 0.3) is 0 Å². The van der Waals surface area contributed by atoms with Gasteiger partial charge >= 0.3 is 5.97 Å². The number of hydrogen-bond donors (Lipinski definition) is 3. The summed E-state index contributed by atoms with van der Waals surface area (Å²) in [6.45, 7) is 1.38. The Balaban J connectivity index is 3.02. The maximum absolute atomic E-state index is 12.1. The van der Waals surface area contributed by atoms with E-state index in [1.54, 1.807) is 12.1 Å². The van der Waals surface area contributed by atoms with Crippen molar-refractivity contribution in [3.05, 3.63) is 24.3 Å². The molecule has 2 unspecified atom stereocenters. The molecule has 0 aliphatic carbocycles. The predicted molar refractivity (Wildman–Crippen MR) is 68.4 cm³/mol. The van der Waals surface area contributed by atoms with E-state index in [9.17, 15) is 13.2 Å². The van der Waals surface area contributed by atoms with Crippen LogP contribution in [0.3, 0.4) is 0 Å². The number of methoxy groups -OCH3 is 1. The molecule has 106 valence electrons. The molecule has 0 saturated heterocycles. The fourth-order valence-electron chi connectivity index (χ4n) is 1.44. The monoisotopic (exact) mass is 288 g/mol. The molecule has 0 spiro atoms. The summed E-state index contributed by atoms with van der Waals surface area (Å²) in [5, 5.41) is 8.74. The Morgan fingerprint density at radius 2 is 2.00 bits per heavy atom. The van der Waals surface area contributed by atoms with Gasteiger partial charge in [0.25, 0.3) is 0 Å². The fraction of sp³-hybridized carbons (Fsp3) is 0.364. The van der Waals surface area contributed by atoms with Gasteiger partial charge in [0.1, 0.15) is 16.7 Å². The lowest BCUT2D eigenvalue weighted by Gasteiger charge is -2.18. The van der Waals surface area contributed by atoms with Gasteiger partial charge in [-0.2, -0.15) is 0 Å². The van der Waals surface area contributed by atoms with Gasteiger partial charge in [0.15, 0.2) is 0 Å². The zero-order chi connectivity index (χ0) is 14.6. The van der Waals surface area contributed by atoms with Crippen molar-refractivity contribution in [3.8, 4) is 5.75 Å². The quantitative estimate of drug-likeness (QED) is 0.665. The fourth-order valence-corrected chi connectivity index (χ4v) is 2.87. The van der Waals surface area contributed by atoms with Crippen LogP contribution < -0.4 is 15.2 Å². The van der Waals surface area contributed by atoms with Crippen LogP contribution in [0.2, 0.25) is 0 Å². The summed E-state index contributed by atoms with van der Waals surface area (Å²) in [5.74, 6) is -1.11. The minimum absolute atomic E-state index is 0.0676. The number of carbonyl (C=O) groups is 1. The molecule has 7 nitrogen and oxygen atoms in total. The van der Waals surface area contributed by atoms with Crippen molar-refractivity contribution in [2.45, 2.75) is 23.9 Å². The number of carboxylic acid groups (broad SMARTS) is 1. The van der Waals surface area contributed by atoms with E-state index in [0.717, 1.165) is 0 Å². The van der Waals surface area contributed by atoms with E-state index in [-0.39, 0.29) is 10.6 Å². The molecular weight excluding hydrogens is 272 g/mol. The summed E-state index contributed by atoms with van der Waals surface area (Å²) >= 11 is 0. The summed E-state index contributed by atoms with van der Waals surface area (Å²) < 4.78 is 31.4. The number of ether oxygens (including phenoxy) is 1. The third kappa shape index (κ3) is 3.66. The molecule has 0 aromatic heterocycles. The van der Waals surface area contributed by atoms with E-state index in [4.69, 9.17) is 15.6 Å². The van der Waals surface area contributed by atoms with E-state index in [0.29, 0.717) is 0 Å². The molecule has 0 aliphatic rings. The molecule has 8 heteroatoms. The zero-order valence-corrected chi connectivity index (χ0v) is 11.3. The Morgan fingerprint density at radius 3 is 2.53 bits per heavy atom. The Morgan fingerprint density at radius 1 is 1.42 bits per heavy atom. The van der Waals surface area contributed by atoms with Gasteiger partial charge in [-0.3, -0.25) is 4.79 Å². The first-order valence-electron chi connectivity index (χ1n) is 5.43. The first-order chi connectivity index (χ1) is 8.79. The van der Waals surface area contributed by atoms with E-state index >= 15 is 0 Å². The summed E-state index contributed by atoms with van der Waals surface area (Å²) in [6, 6.07) is 3.75. The van der Waals surface area contributed by atoms with E-state index in [2.05, 4.69) is 4.72 Å². The smallest absolute Gasteiger partial charge is 0.322 e. The van der Waals surface area contributed by atoms with E-state index in [1.165, 1.54) is 26.2 Å². The summed E-state index contributed by atoms with van der Waals surface area (Å²) in [4.78, 5) is 10.6. The maximum Gasteiger partial charge on any atom is 0.322 e. The van der Waals surface area contributed by atoms with E-state index in [1.807, 2.05) is 0 Å². The number of para-hydroxylation sites is 1. The van der Waals surface area contributed by atoms with Crippen molar-refractivity contribution in [3.63, 3.8) is 0 Å². The second-order valence-electron chi connectivity index (χ2n) is 3.92. The highest BCUT2D eigenvalue weighted by Crippen LogP contribution is 2.22. The van der Waals surface area contributed by atoms with Gasteiger partial charge in [0.05, 0.1) is 7.11 Å². The molecule has 0 heterocycles. The summed E-state index contributed by atoms with van der Waals surface area (Å²) in [5.41, 5.74) is 5.36. The Hall–Kier alpha value is -1.64. The lowest BCUT2D eigenvalue weighted by atomic mass is 10.2. The topological polar surface area (TPSA) is 119 Å². The lowest BCUT2D eigenvalue weighted by molar-refractivity contribution is -0.138. The summed E-state index contributed by atoms with van der Waals surface area (Å²) in [7, 11) is -2.55. The third-order valence-electron chi connectivity index (χ3n) is 2.52. The van der Waals surface area contributed by atoms with Gasteiger partial charge in [-0.25, -0.2) is 13.1 Å². The van der Waals surface area contributed by atoms with Gasteiger partial charge in [0.2, 0.25) is 10.0 Å². The first kappa shape index (κ1) is 15.4. The molecule has 2 atom stereocenters. The predicted octanol–water partition coefficient (Wildman–Crippen LogP) is -0.226. The van der Waals surface area contributed by atoms with Crippen LogP contribution in [-0.4, -0.2) is 38.7 Å². The first-order valence-corrected chi connectivity index (χ1v) is 6.91. The standard InChI is InChI=1S/C11H16N2O5S/c1-7(10(12)11(14)15)13-19(16,17)9-6-4-3-5-8(9)18-2/h3-7,10,13H,12H2,1-2H3,(H,14,15). The molecule has 1 rings (SSSR count). The number of nitrogens with two attached hydrogens (primary N) is 1. The molecule has 0 aliphatic heterocycles. The van der Waals surface area contributed by atoms with Gasteiger partial charge in [-0.1, -0.05) is 12.1 Å². The van der Waals surface area contributed by atoms with Crippen LogP contribution in [-0.2, 0) is 14.8 Å². The Bertz CT molecular complexity index is 558. The molecule has 0 fully saturated rings. The van der Waals surface area contributed by atoms with Crippen LogP contribution in [0, 0.1) is 0 Å². The SMILES string of the molecule is COc1ccccc1S(=O)(=O)NC(C)C(N)C(=O)O. The molecular formula is C11H16N2O5S. The Kier molecular flexibility index (Phi) is 4.87. The molecule has 0 saturated carbocycles. The maximum atomic E-state index is 12.1. The molecule has 19 heavy (non-hydrogen) atoms. The van der Waals surface area contributed by atoms with Crippen LogP contribution in [0.4, 0.5) is 0 Å². The van der Waals surface area contributed by atoms with Crippen molar-refractivity contribution in [2.75, 3.05) is 7.11 Å². The van der Waals surface area contributed by atoms with Crippen LogP contribution >= 0.6 is 0 Å². The third-order valence-corrected chi connectivity index (χ3v) is 4.12. The number of sulfonamides is 1. The molecule has 4 N–H and O–H groups in total. The second kappa shape index (κ2) is 6.00. The van der Waals surface area contributed by atoms with Crippen molar-refractivity contribution in [2.24, 2.45) is 5.73 Å². The number of nitrogens with one attached hydrogen (secondary N) is 1.